The quantitative estimate of drug-likeness (QED) is 0.877. The van der Waals surface area contributed by atoms with Crippen LogP contribution in [0.2, 0.25) is 0 Å². The molecule has 0 saturated heterocycles. The Labute approximate surface area is 112 Å². The van der Waals surface area contributed by atoms with Gasteiger partial charge in [-0.05, 0) is 27.9 Å². The highest BCUT2D eigenvalue weighted by atomic mass is 79.9. The summed E-state index contributed by atoms with van der Waals surface area (Å²) in [6, 6.07) is 0.837. The van der Waals surface area contributed by atoms with E-state index in [1.54, 1.807) is 11.4 Å². The molecular formula is C11H14BrNO3S. The van der Waals surface area contributed by atoms with Crippen molar-refractivity contribution in [2.45, 2.75) is 26.3 Å². The third kappa shape index (κ3) is 3.81. The maximum atomic E-state index is 11.8. The third-order valence-electron chi connectivity index (χ3n) is 2.56. The summed E-state index contributed by atoms with van der Waals surface area (Å²) in [7, 11) is 0. The van der Waals surface area contributed by atoms with Crippen molar-refractivity contribution in [3.8, 4) is 0 Å². The fraction of sp³-hybridized carbons (Fsp3) is 0.455. The van der Waals surface area contributed by atoms with E-state index in [4.69, 9.17) is 5.11 Å². The van der Waals surface area contributed by atoms with Crippen LogP contribution in [0.1, 0.15) is 29.9 Å². The molecule has 1 heterocycles. The predicted molar refractivity (Wildman–Crippen MR) is 70.4 cm³/mol. The molecule has 0 saturated carbocycles. The summed E-state index contributed by atoms with van der Waals surface area (Å²) in [5, 5.41) is 13.4. The third-order valence-corrected chi connectivity index (χ3v) is 4.25. The maximum absolute atomic E-state index is 11.8. The fourth-order valence-electron chi connectivity index (χ4n) is 1.33. The number of aliphatic carboxylic acids is 1. The first-order valence-corrected chi connectivity index (χ1v) is 6.90. The van der Waals surface area contributed by atoms with Crippen LogP contribution in [0.25, 0.3) is 0 Å². The number of carboxylic acids is 1. The van der Waals surface area contributed by atoms with Gasteiger partial charge in [-0.1, -0.05) is 20.3 Å². The van der Waals surface area contributed by atoms with Gasteiger partial charge in [-0.15, -0.1) is 11.3 Å². The Hall–Kier alpha value is -0.880. The molecule has 0 aromatic carbocycles. The number of hydrogen-bond acceptors (Lipinski definition) is 3. The van der Waals surface area contributed by atoms with Crippen LogP contribution in [-0.2, 0) is 4.79 Å². The van der Waals surface area contributed by atoms with E-state index in [1.807, 2.05) is 13.8 Å². The SMILES string of the molecule is CCC(C)C(NC(=O)c1cc(Br)cs1)C(=O)O. The Morgan fingerprint density at radius 2 is 2.24 bits per heavy atom. The van der Waals surface area contributed by atoms with Crippen LogP contribution in [0.15, 0.2) is 15.9 Å². The average molecular weight is 320 g/mol. The Balaban J connectivity index is 2.74. The van der Waals surface area contributed by atoms with Crippen molar-refractivity contribution >= 4 is 39.1 Å². The Bertz CT molecular complexity index is 419. The van der Waals surface area contributed by atoms with Gasteiger partial charge in [0.15, 0.2) is 0 Å². The van der Waals surface area contributed by atoms with Crippen LogP contribution >= 0.6 is 27.3 Å². The number of carboxylic acid groups (broad SMARTS) is 1. The number of amides is 1. The molecule has 0 aliphatic carbocycles. The molecule has 0 spiro atoms. The molecule has 1 amide bonds. The first kappa shape index (κ1) is 14.2. The second-order valence-corrected chi connectivity index (χ2v) is 5.63. The lowest BCUT2D eigenvalue weighted by atomic mass is 9.99. The van der Waals surface area contributed by atoms with Crippen molar-refractivity contribution in [3.05, 3.63) is 20.8 Å². The molecule has 0 aliphatic heterocycles. The molecule has 2 atom stereocenters. The lowest BCUT2D eigenvalue weighted by Gasteiger charge is -2.19. The average Bonchev–Trinajstić information content (AvgIpc) is 2.71. The number of thiophene rings is 1. The van der Waals surface area contributed by atoms with Gasteiger partial charge in [-0.2, -0.15) is 0 Å². The first-order chi connectivity index (χ1) is 7.95. The van der Waals surface area contributed by atoms with E-state index in [9.17, 15) is 9.59 Å². The van der Waals surface area contributed by atoms with Gasteiger partial charge in [0.1, 0.15) is 6.04 Å². The summed E-state index contributed by atoms with van der Waals surface area (Å²) in [6.45, 7) is 3.71. The molecule has 0 radical (unpaired) electrons. The zero-order valence-electron chi connectivity index (χ0n) is 9.57. The maximum Gasteiger partial charge on any atom is 0.326 e. The zero-order valence-corrected chi connectivity index (χ0v) is 12.0. The second kappa shape index (κ2) is 6.16. The van der Waals surface area contributed by atoms with Crippen molar-refractivity contribution in [2.75, 3.05) is 0 Å². The number of carbonyl (C=O) groups is 2. The van der Waals surface area contributed by atoms with Gasteiger partial charge in [0, 0.05) is 9.85 Å². The van der Waals surface area contributed by atoms with Gasteiger partial charge < -0.3 is 10.4 Å². The molecule has 1 aromatic heterocycles. The molecule has 17 heavy (non-hydrogen) atoms. The number of rotatable bonds is 5. The molecule has 1 rings (SSSR count). The van der Waals surface area contributed by atoms with Gasteiger partial charge in [-0.25, -0.2) is 4.79 Å². The van der Waals surface area contributed by atoms with Crippen LogP contribution in [0.4, 0.5) is 0 Å². The minimum absolute atomic E-state index is 0.0974. The molecule has 0 bridgehead atoms. The molecule has 1 aromatic rings. The summed E-state index contributed by atoms with van der Waals surface area (Å²) in [5.41, 5.74) is 0. The van der Waals surface area contributed by atoms with Crippen molar-refractivity contribution in [1.82, 2.24) is 5.32 Å². The van der Waals surface area contributed by atoms with E-state index in [-0.39, 0.29) is 11.8 Å². The van der Waals surface area contributed by atoms with Gasteiger partial charge in [0.25, 0.3) is 5.91 Å². The lowest BCUT2D eigenvalue weighted by Crippen LogP contribution is -2.44. The van der Waals surface area contributed by atoms with Crippen LogP contribution in [0, 0.1) is 5.92 Å². The van der Waals surface area contributed by atoms with Crippen molar-refractivity contribution in [3.63, 3.8) is 0 Å². The van der Waals surface area contributed by atoms with Crippen molar-refractivity contribution in [2.24, 2.45) is 5.92 Å². The Morgan fingerprint density at radius 3 is 2.65 bits per heavy atom. The summed E-state index contributed by atoms with van der Waals surface area (Å²) < 4.78 is 0.822. The van der Waals surface area contributed by atoms with Gasteiger partial charge >= 0.3 is 5.97 Å². The standard InChI is InChI=1S/C11H14BrNO3S/c1-3-6(2)9(11(15)16)13-10(14)8-4-7(12)5-17-8/h4-6,9H,3H2,1-2H3,(H,13,14)(H,15,16). The highest BCUT2D eigenvalue weighted by Crippen LogP contribution is 2.20. The predicted octanol–water partition coefficient (Wildman–Crippen LogP) is 2.74. The smallest absolute Gasteiger partial charge is 0.326 e. The molecule has 4 nitrogen and oxygen atoms in total. The Kier molecular flexibility index (Phi) is 5.14. The fourth-order valence-corrected chi connectivity index (χ4v) is 2.66. The molecule has 2 N–H and O–H groups in total. The van der Waals surface area contributed by atoms with E-state index in [0.717, 1.165) is 4.47 Å². The number of nitrogens with one attached hydrogen (secondary N) is 1. The van der Waals surface area contributed by atoms with E-state index in [2.05, 4.69) is 21.2 Å². The van der Waals surface area contributed by atoms with Crippen molar-refractivity contribution in [1.29, 1.82) is 0 Å². The van der Waals surface area contributed by atoms with E-state index < -0.39 is 12.0 Å². The number of hydrogen-bond donors (Lipinski definition) is 2. The Morgan fingerprint density at radius 1 is 1.59 bits per heavy atom. The zero-order chi connectivity index (χ0) is 13.0. The highest BCUT2D eigenvalue weighted by molar-refractivity contribution is 9.10. The van der Waals surface area contributed by atoms with E-state index in [0.29, 0.717) is 11.3 Å². The second-order valence-electron chi connectivity index (χ2n) is 3.80. The lowest BCUT2D eigenvalue weighted by molar-refractivity contribution is -0.140. The molecule has 0 aliphatic rings. The topological polar surface area (TPSA) is 66.4 Å². The normalized spacial score (nSPS) is 14.1. The summed E-state index contributed by atoms with van der Waals surface area (Å²) in [6.07, 6.45) is 0.700. The van der Waals surface area contributed by atoms with Gasteiger partial charge in [0.2, 0.25) is 0 Å². The van der Waals surface area contributed by atoms with Crippen LogP contribution in [-0.4, -0.2) is 23.0 Å². The van der Waals surface area contributed by atoms with E-state index in [1.165, 1.54) is 11.3 Å². The largest absolute Gasteiger partial charge is 0.480 e. The number of halogens is 1. The summed E-state index contributed by atoms with van der Waals surface area (Å²) >= 11 is 4.53. The minimum atomic E-state index is -0.997. The van der Waals surface area contributed by atoms with Gasteiger partial charge in [0.05, 0.1) is 4.88 Å². The van der Waals surface area contributed by atoms with E-state index >= 15 is 0 Å². The van der Waals surface area contributed by atoms with Crippen LogP contribution in [0.5, 0.6) is 0 Å². The molecule has 0 fully saturated rings. The molecular weight excluding hydrogens is 306 g/mol. The van der Waals surface area contributed by atoms with Gasteiger partial charge in [-0.3, -0.25) is 4.79 Å². The summed E-state index contributed by atoms with van der Waals surface area (Å²) in [5.74, 6) is -1.43. The van der Waals surface area contributed by atoms with Crippen LogP contribution in [0.3, 0.4) is 0 Å². The monoisotopic (exact) mass is 319 g/mol. The summed E-state index contributed by atoms with van der Waals surface area (Å²) in [4.78, 5) is 23.4. The highest BCUT2D eigenvalue weighted by Gasteiger charge is 2.26. The van der Waals surface area contributed by atoms with Crippen molar-refractivity contribution < 1.29 is 14.7 Å². The molecule has 94 valence electrons. The molecule has 6 heteroatoms. The minimum Gasteiger partial charge on any atom is -0.480 e. The van der Waals surface area contributed by atoms with Crippen LogP contribution < -0.4 is 5.32 Å². The first-order valence-electron chi connectivity index (χ1n) is 5.23. The number of carbonyl (C=O) groups excluding carboxylic acids is 1. The molecule has 2 unspecified atom stereocenters.